The highest BCUT2D eigenvalue weighted by atomic mass is 32.2. The van der Waals surface area contributed by atoms with Gasteiger partial charge in [-0.25, -0.2) is 17.2 Å². The Balaban J connectivity index is 1.72. The van der Waals surface area contributed by atoms with Gasteiger partial charge in [-0.15, -0.1) is 10.2 Å². The second kappa shape index (κ2) is 7.55. The number of sulfone groups is 1. The standard InChI is InChI=1S/C17H18F2N4O3S/c1-2-23(12-7-8-27(25,26)10-12)16-6-5-15(21-22-16)17(24)20-11-3-4-13(18)14(19)9-11/h3-6,9,12H,2,7-8,10H2,1H3,(H,20,24). The van der Waals surface area contributed by atoms with Gasteiger partial charge in [0.25, 0.3) is 5.91 Å². The van der Waals surface area contributed by atoms with E-state index < -0.39 is 27.4 Å². The molecule has 1 aromatic heterocycles. The van der Waals surface area contributed by atoms with E-state index in [1.165, 1.54) is 12.1 Å². The quantitative estimate of drug-likeness (QED) is 0.831. The maximum Gasteiger partial charge on any atom is 0.276 e. The Bertz CT molecular complexity index is 951. The minimum Gasteiger partial charge on any atom is -0.351 e. The largest absolute Gasteiger partial charge is 0.351 e. The minimum absolute atomic E-state index is 0.00132. The van der Waals surface area contributed by atoms with Crippen LogP contribution >= 0.6 is 0 Å². The van der Waals surface area contributed by atoms with Gasteiger partial charge in [0.2, 0.25) is 0 Å². The summed E-state index contributed by atoms with van der Waals surface area (Å²) in [5.41, 5.74) is 0.0923. The van der Waals surface area contributed by atoms with E-state index in [1.807, 2.05) is 11.8 Å². The SMILES string of the molecule is CCN(c1ccc(C(=O)Nc2ccc(F)c(F)c2)nn1)C1CCS(=O)(=O)C1. The predicted octanol–water partition coefficient (Wildman–Crippen LogP) is 2.02. The Kier molecular flexibility index (Phi) is 5.36. The average molecular weight is 396 g/mol. The van der Waals surface area contributed by atoms with Crippen molar-refractivity contribution in [1.82, 2.24) is 10.2 Å². The van der Waals surface area contributed by atoms with Crippen LogP contribution in [-0.4, -0.2) is 48.6 Å². The van der Waals surface area contributed by atoms with E-state index in [2.05, 4.69) is 15.5 Å². The van der Waals surface area contributed by atoms with Crippen LogP contribution in [0.2, 0.25) is 0 Å². The molecule has 7 nitrogen and oxygen atoms in total. The summed E-state index contributed by atoms with van der Waals surface area (Å²) < 4.78 is 49.5. The van der Waals surface area contributed by atoms with Gasteiger partial charge in [0.1, 0.15) is 0 Å². The van der Waals surface area contributed by atoms with E-state index in [0.717, 1.165) is 12.1 Å². The van der Waals surface area contributed by atoms with Crippen LogP contribution in [0.15, 0.2) is 30.3 Å². The van der Waals surface area contributed by atoms with Crippen molar-refractivity contribution in [3.63, 3.8) is 0 Å². The number of benzene rings is 1. The first-order chi connectivity index (χ1) is 12.8. The fourth-order valence-electron chi connectivity index (χ4n) is 3.00. The average Bonchev–Trinajstić information content (AvgIpc) is 2.99. The molecule has 3 rings (SSSR count). The monoisotopic (exact) mass is 396 g/mol. The fourth-order valence-corrected chi connectivity index (χ4v) is 4.73. The molecule has 1 N–H and O–H groups in total. The van der Waals surface area contributed by atoms with Crippen LogP contribution in [0.1, 0.15) is 23.8 Å². The van der Waals surface area contributed by atoms with Crippen molar-refractivity contribution in [3.8, 4) is 0 Å². The van der Waals surface area contributed by atoms with Gasteiger partial charge in [-0.3, -0.25) is 4.79 Å². The van der Waals surface area contributed by atoms with Crippen LogP contribution in [0.25, 0.3) is 0 Å². The summed E-state index contributed by atoms with van der Waals surface area (Å²) in [6, 6.07) is 5.88. The van der Waals surface area contributed by atoms with E-state index in [9.17, 15) is 22.0 Å². The molecule has 1 atom stereocenters. The van der Waals surface area contributed by atoms with Gasteiger partial charge in [0, 0.05) is 24.3 Å². The molecule has 27 heavy (non-hydrogen) atoms. The smallest absolute Gasteiger partial charge is 0.276 e. The molecule has 0 spiro atoms. The van der Waals surface area contributed by atoms with Crippen LogP contribution in [0, 0.1) is 11.6 Å². The number of halogens is 2. The molecule has 0 aliphatic carbocycles. The van der Waals surface area contributed by atoms with Gasteiger partial charge in [-0.2, -0.15) is 0 Å². The van der Waals surface area contributed by atoms with Gasteiger partial charge in [-0.05, 0) is 37.6 Å². The number of amides is 1. The summed E-state index contributed by atoms with van der Waals surface area (Å²) in [5, 5.41) is 10.3. The normalized spacial score (nSPS) is 18.3. The molecule has 2 heterocycles. The number of carbonyl (C=O) groups is 1. The molecule has 0 bridgehead atoms. The van der Waals surface area contributed by atoms with Crippen LogP contribution in [0.3, 0.4) is 0 Å². The molecular weight excluding hydrogens is 378 g/mol. The predicted molar refractivity (Wildman–Crippen MR) is 96.4 cm³/mol. The molecule has 1 fully saturated rings. The number of nitrogens with zero attached hydrogens (tertiary/aromatic N) is 3. The van der Waals surface area contributed by atoms with Crippen LogP contribution in [0.4, 0.5) is 20.3 Å². The van der Waals surface area contributed by atoms with Crippen LogP contribution in [-0.2, 0) is 9.84 Å². The van der Waals surface area contributed by atoms with Gasteiger partial charge < -0.3 is 10.2 Å². The minimum atomic E-state index is -3.03. The molecule has 10 heteroatoms. The van der Waals surface area contributed by atoms with E-state index >= 15 is 0 Å². The zero-order chi connectivity index (χ0) is 19.6. The van der Waals surface area contributed by atoms with Gasteiger partial charge >= 0.3 is 0 Å². The van der Waals surface area contributed by atoms with E-state index in [0.29, 0.717) is 18.8 Å². The van der Waals surface area contributed by atoms with E-state index in [1.54, 1.807) is 6.07 Å². The van der Waals surface area contributed by atoms with E-state index in [4.69, 9.17) is 0 Å². The van der Waals surface area contributed by atoms with Gasteiger partial charge in [0.05, 0.1) is 11.5 Å². The third-order valence-electron chi connectivity index (χ3n) is 4.34. The van der Waals surface area contributed by atoms with Crippen molar-refractivity contribution >= 4 is 27.2 Å². The lowest BCUT2D eigenvalue weighted by atomic mass is 10.2. The van der Waals surface area contributed by atoms with Crippen molar-refractivity contribution in [2.24, 2.45) is 0 Å². The number of nitrogens with one attached hydrogen (secondary N) is 1. The lowest BCUT2D eigenvalue weighted by molar-refractivity contribution is 0.102. The first-order valence-corrected chi connectivity index (χ1v) is 10.2. The summed E-state index contributed by atoms with van der Waals surface area (Å²) >= 11 is 0. The highest BCUT2D eigenvalue weighted by Gasteiger charge is 2.32. The summed E-state index contributed by atoms with van der Waals surface area (Å²) in [5.74, 6) is -2.00. The Morgan fingerprint density at radius 1 is 1.22 bits per heavy atom. The molecule has 0 radical (unpaired) electrons. The van der Waals surface area contributed by atoms with Crippen molar-refractivity contribution < 1.29 is 22.0 Å². The first kappa shape index (κ1) is 19.2. The molecule has 1 aliphatic rings. The molecule has 144 valence electrons. The number of carbonyl (C=O) groups excluding carboxylic acids is 1. The number of rotatable bonds is 5. The lowest BCUT2D eigenvalue weighted by Gasteiger charge is -2.27. The number of anilines is 2. The maximum atomic E-state index is 13.2. The van der Waals surface area contributed by atoms with Gasteiger partial charge in [0.15, 0.2) is 33.0 Å². The zero-order valence-corrected chi connectivity index (χ0v) is 15.3. The lowest BCUT2D eigenvalue weighted by Crippen LogP contribution is -2.37. The molecule has 1 unspecified atom stereocenters. The van der Waals surface area contributed by atoms with Crippen molar-refractivity contribution in [2.45, 2.75) is 19.4 Å². The summed E-state index contributed by atoms with van der Waals surface area (Å²) in [7, 11) is -3.03. The Morgan fingerprint density at radius 3 is 2.56 bits per heavy atom. The second-order valence-corrected chi connectivity index (χ2v) is 8.43. The highest BCUT2D eigenvalue weighted by Crippen LogP contribution is 2.22. The third-order valence-corrected chi connectivity index (χ3v) is 6.10. The number of hydrogen-bond donors (Lipinski definition) is 1. The molecule has 1 aliphatic heterocycles. The van der Waals surface area contributed by atoms with Crippen molar-refractivity contribution in [2.75, 3.05) is 28.3 Å². The maximum absolute atomic E-state index is 13.2. The summed E-state index contributed by atoms with van der Waals surface area (Å²) in [6.45, 7) is 2.44. The summed E-state index contributed by atoms with van der Waals surface area (Å²) in [4.78, 5) is 14.0. The Labute approximate surface area is 155 Å². The molecule has 0 saturated carbocycles. The molecule has 1 saturated heterocycles. The van der Waals surface area contributed by atoms with Gasteiger partial charge in [-0.1, -0.05) is 0 Å². The number of hydrogen-bond acceptors (Lipinski definition) is 6. The molecular formula is C17H18F2N4O3S. The second-order valence-electron chi connectivity index (χ2n) is 6.20. The third kappa shape index (κ3) is 4.38. The molecule has 1 amide bonds. The summed E-state index contributed by atoms with van der Waals surface area (Å²) in [6.07, 6.45) is 0.524. The van der Waals surface area contributed by atoms with Crippen LogP contribution < -0.4 is 10.2 Å². The Hall–Kier alpha value is -2.62. The van der Waals surface area contributed by atoms with Crippen LogP contribution in [0.5, 0.6) is 0 Å². The fraction of sp³-hybridized carbons (Fsp3) is 0.353. The molecule has 1 aromatic carbocycles. The van der Waals surface area contributed by atoms with E-state index in [-0.39, 0.29) is 28.9 Å². The Morgan fingerprint density at radius 2 is 2.00 bits per heavy atom. The molecule has 2 aromatic rings. The zero-order valence-electron chi connectivity index (χ0n) is 14.5. The van der Waals surface area contributed by atoms with Crippen molar-refractivity contribution in [3.05, 3.63) is 47.7 Å². The van der Waals surface area contributed by atoms with Crippen molar-refractivity contribution in [1.29, 1.82) is 0 Å². The highest BCUT2D eigenvalue weighted by molar-refractivity contribution is 7.91. The number of aromatic nitrogens is 2. The first-order valence-electron chi connectivity index (χ1n) is 8.36. The topological polar surface area (TPSA) is 92.3 Å².